The van der Waals surface area contributed by atoms with E-state index in [1.165, 1.54) is 12.1 Å². The van der Waals surface area contributed by atoms with E-state index in [-0.39, 0.29) is 27.4 Å². The summed E-state index contributed by atoms with van der Waals surface area (Å²) in [5.74, 6) is 0.245. The molecule has 2 aliphatic heterocycles. The van der Waals surface area contributed by atoms with E-state index in [2.05, 4.69) is 20.7 Å². The lowest BCUT2D eigenvalue weighted by Gasteiger charge is -2.21. The summed E-state index contributed by atoms with van der Waals surface area (Å²) < 4.78 is 85.4. The number of alkyl halides is 3. The van der Waals surface area contributed by atoms with Crippen molar-refractivity contribution in [3.63, 3.8) is 0 Å². The van der Waals surface area contributed by atoms with Crippen molar-refractivity contribution < 1.29 is 35.8 Å². The second-order valence-corrected chi connectivity index (χ2v) is 10.0. The fraction of sp³-hybridized carbons (Fsp3) is 0.400. The minimum atomic E-state index is -4.64. The largest absolute Gasteiger partial charge is 0.488 e. The third kappa shape index (κ3) is 4.91. The summed E-state index contributed by atoms with van der Waals surface area (Å²) in [6, 6.07) is 5.70. The molecular weight excluding hydrogens is 517 g/mol. The monoisotopic (exact) mass is 536 g/mol. The lowest BCUT2D eigenvalue weighted by atomic mass is 10.1. The van der Waals surface area contributed by atoms with Crippen molar-refractivity contribution in [2.45, 2.75) is 23.6 Å². The summed E-state index contributed by atoms with van der Waals surface area (Å²) in [7, 11) is -2.31. The van der Waals surface area contributed by atoms with E-state index in [9.17, 15) is 21.6 Å². The molecular formula is C20H20BrF3N2O5S. The van der Waals surface area contributed by atoms with Crippen molar-refractivity contribution in [1.29, 1.82) is 0 Å². The number of nitrogens with one attached hydrogen (secondary N) is 1. The van der Waals surface area contributed by atoms with Gasteiger partial charge in [-0.05, 0) is 47.6 Å². The zero-order valence-corrected chi connectivity index (χ0v) is 19.3. The molecule has 0 spiro atoms. The maximum Gasteiger partial charge on any atom is 0.419 e. The minimum Gasteiger partial charge on any atom is -0.488 e. The Hall–Kier alpha value is -2.18. The van der Waals surface area contributed by atoms with E-state index in [4.69, 9.17) is 14.2 Å². The summed E-state index contributed by atoms with van der Waals surface area (Å²) in [5, 5.41) is 0. The Balaban J connectivity index is 1.64. The number of sulfonamides is 1. The molecule has 1 N–H and O–H groups in total. The van der Waals surface area contributed by atoms with Crippen LogP contribution in [-0.4, -0.2) is 52.8 Å². The number of rotatable bonds is 5. The van der Waals surface area contributed by atoms with Gasteiger partial charge in [-0.3, -0.25) is 4.72 Å². The van der Waals surface area contributed by atoms with Crippen LogP contribution in [0, 0.1) is 0 Å². The topological polar surface area (TPSA) is 77.1 Å². The minimum absolute atomic E-state index is 0.0545. The molecule has 4 rings (SSSR count). The van der Waals surface area contributed by atoms with E-state index in [0.29, 0.717) is 31.9 Å². The molecule has 2 aliphatic rings. The van der Waals surface area contributed by atoms with Crippen molar-refractivity contribution in [2.75, 3.05) is 38.1 Å². The highest BCUT2D eigenvalue weighted by atomic mass is 79.9. The first-order valence-corrected chi connectivity index (χ1v) is 12.0. The van der Waals surface area contributed by atoms with Crippen LogP contribution in [0.5, 0.6) is 17.2 Å². The Labute approximate surface area is 191 Å². The first kappa shape index (κ1) is 23.0. The second kappa shape index (κ2) is 8.64. The molecule has 0 bridgehead atoms. The summed E-state index contributed by atoms with van der Waals surface area (Å²) >= 11 is 3.21. The van der Waals surface area contributed by atoms with Crippen LogP contribution in [0.2, 0.25) is 0 Å². The number of nitrogens with zero attached hydrogens (tertiary/aromatic N) is 1. The average Bonchev–Trinajstić information content (AvgIpc) is 3.11. The van der Waals surface area contributed by atoms with Crippen LogP contribution in [0.3, 0.4) is 0 Å². The molecule has 1 saturated heterocycles. The van der Waals surface area contributed by atoms with Crippen LogP contribution in [0.4, 0.5) is 18.9 Å². The van der Waals surface area contributed by atoms with E-state index < -0.39 is 33.6 Å². The molecule has 0 radical (unpaired) electrons. The van der Waals surface area contributed by atoms with Crippen LogP contribution < -0.4 is 18.9 Å². The smallest absolute Gasteiger partial charge is 0.419 e. The molecule has 0 aliphatic carbocycles. The van der Waals surface area contributed by atoms with Gasteiger partial charge in [0, 0.05) is 29.7 Å². The molecule has 7 nitrogen and oxygen atoms in total. The number of anilines is 1. The third-order valence-corrected chi connectivity index (χ3v) is 7.41. The van der Waals surface area contributed by atoms with Crippen LogP contribution in [-0.2, 0) is 16.2 Å². The molecule has 0 amide bonds. The van der Waals surface area contributed by atoms with E-state index >= 15 is 0 Å². The number of likely N-dealkylation sites (tertiary alicyclic amines) is 1. The fourth-order valence-electron chi connectivity index (χ4n) is 3.55. The van der Waals surface area contributed by atoms with Gasteiger partial charge >= 0.3 is 6.18 Å². The standard InChI is InChI=1S/C20H20BrF3N2O5S/c1-26-5-4-13(11-26)31-16-8-12(2-3-14(16)20(22,23)24)25-32(27,28)19-10-18-17(9-15(19)21)29-6-7-30-18/h2-3,8-10,13,25H,4-7,11H2,1H3/t13-/m1/s1. The normalized spacial score (nSPS) is 19.1. The van der Waals surface area contributed by atoms with Gasteiger partial charge in [-0.1, -0.05) is 0 Å². The van der Waals surface area contributed by atoms with Gasteiger partial charge in [-0.2, -0.15) is 13.2 Å². The van der Waals surface area contributed by atoms with Gasteiger partial charge in [0.25, 0.3) is 10.0 Å². The zero-order chi connectivity index (χ0) is 23.1. The number of hydrogen-bond acceptors (Lipinski definition) is 6. The Morgan fingerprint density at radius 1 is 1.16 bits per heavy atom. The van der Waals surface area contributed by atoms with Gasteiger partial charge in [0.2, 0.25) is 0 Å². The SMILES string of the molecule is CN1CC[C@@H](Oc2cc(NS(=O)(=O)c3cc4c(cc3Br)OCCO4)ccc2C(F)(F)F)C1. The second-order valence-electron chi connectivity index (χ2n) is 7.53. The number of ether oxygens (including phenoxy) is 3. The highest BCUT2D eigenvalue weighted by molar-refractivity contribution is 9.10. The average molecular weight is 537 g/mol. The number of halogens is 4. The lowest BCUT2D eigenvalue weighted by molar-refractivity contribution is -0.139. The van der Waals surface area contributed by atoms with Crippen LogP contribution >= 0.6 is 15.9 Å². The molecule has 1 fully saturated rings. The van der Waals surface area contributed by atoms with Gasteiger partial charge in [0.15, 0.2) is 11.5 Å². The fourth-order valence-corrected chi connectivity index (χ4v) is 5.64. The first-order valence-electron chi connectivity index (χ1n) is 9.71. The Morgan fingerprint density at radius 2 is 1.84 bits per heavy atom. The maximum atomic E-state index is 13.5. The molecule has 2 heterocycles. The van der Waals surface area contributed by atoms with Gasteiger partial charge < -0.3 is 19.1 Å². The molecule has 2 aromatic carbocycles. The Bertz CT molecular complexity index is 1130. The molecule has 0 unspecified atom stereocenters. The van der Waals surface area contributed by atoms with Gasteiger partial charge in [0.1, 0.15) is 30.0 Å². The Morgan fingerprint density at radius 3 is 2.47 bits per heavy atom. The zero-order valence-electron chi connectivity index (χ0n) is 16.9. The number of benzene rings is 2. The molecule has 0 saturated carbocycles. The predicted octanol–water partition coefficient (Wildman–Crippen LogP) is 4.12. The van der Waals surface area contributed by atoms with Crippen LogP contribution in [0.1, 0.15) is 12.0 Å². The highest BCUT2D eigenvalue weighted by Crippen LogP contribution is 2.40. The summed E-state index contributed by atoms with van der Waals surface area (Å²) in [5.41, 5.74) is -1.02. The van der Waals surface area contributed by atoms with Crippen molar-refractivity contribution in [1.82, 2.24) is 4.90 Å². The molecule has 2 aromatic rings. The van der Waals surface area contributed by atoms with E-state index in [1.807, 2.05) is 11.9 Å². The Kier molecular flexibility index (Phi) is 6.21. The van der Waals surface area contributed by atoms with E-state index in [0.717, 1.165) is 18.2 Å². The molecule has 0 aromatic heterocycles. The van der Waals surface area contributed by atoms with Gasteiger partial charge in [-0.25, -0.2) is 8.42 Å². The quantitative estimate of drug-likeness (QED) is 0.619. The molecule has 12 heteroatoms. The number of likely N-dealkylation sites (N-methyl/N-ethyl adjacent to an activating group) is 1. The van der Waals surface area contributed by atoms with Crippen molar-refractivity contribution in [2.24, 2.45) is 0 Å². The van der Waals surface area contributed by atoms with Crippen LogP contribution in [0.15, 0.2) is 39.7 Å². The van der Waals surface area contributed by atoms with Crippen molar-refractivity contribution in [3.8, 4) is 17.2 Å². The van der Waals surface area contributed by atoms with Crippen LogP contribution in [0.25, 0.3) is 0 Å². The van der Waals surface area contributed by atoms with Crippen molar-refractivity contribution in [3.05, 3.63) is 40.4 Å². The molecule has 32 heavy (non-hydrogen) atoms. The summed E-state index contributed by atoms with van der Waals surface area (Å²) in [6.07, 6.45) is -4.48. The summed E-state index contributed by atoms with van der Waals surface area (Å²) in [6.45, 7) is 1.81. The van der Waals surface area contributed by atoms with Gasteiger partial charge in [0.05, 0.1) is 11.3 Å². The summed E-state index contributed by atoms with van der Waals surface area (Å²) in [4.78, 5) is 1.81. The van der Waals surface area contributed by atoms with Crippen molar-refractivity contribution >= 4 is 31.6 Å². The number of fused-ring (bicyclic) bond motifs is 1. The predicted molar refractivity (Wildman–Crippen MR) is 114 cm³/mol. The molecule has 174 valence electrons. The third-order valence-electron chi connectivity index (χ3n) is 5.07. The highest BCUT2D eigenvalue weighted by Gasteiger charge is 2.36. The number of hydrogen-bond donors (Lipinski definition) is 1. The van der Waals surface area contributed by atoms with E-state index in [1.54, 1.807) is 0 Å². The first-order chi connectivity index (χ1) is 15.0. The maximum absolute atomic E-state index is 13.5. The van der Waals surface area contributed by atoms with Gasteiger partial charge in [-0.15, -0.1) is 0 Å². The molecule has 1 atom stereocenters. The lowest BCUT2D eigenvalue weighted by Crippen LogP contribution is -2.23.